The van der Waals surface area contributed by atoms with E-state index in [1.165, 1.54) is 16.4 Å². The summed E-state index contributed by atoms with van der Waals surface area (Å²) in [6.07, 6.45) is 2.11. The van der Waals surface area contributed by atoms with Crippen molar-refractivity contribution in [2.75, 3.05) is 6.54 Å². The lowest BCUT2D eigenvalue weighted by atomic mass is 9.77. The Morgan fingerprint density at radius 1 is 1.38 bits per heavy atom. The van der Waals surface area contributed by atoms with Gasteiger partial charge in [-0.2, -0.15) is 0 Å². The van der Waals surface area contributed by atoms with Crippen molar-refractivity contribution in [3.05, 3.63) is 47.3 Å². The third kappa shape index (κ3) is 2.62. The minimum atomic E-state index is -1.11. The number of nitrogens with zero attached hydrogens (tertiary/aromatic N) is 3. The SMILES string of the molecule is O=C(O)c1cn(CCNC(=O)C2Cc3ccccc32)nn1. The molecule has 1 heterocycles. The van der Waals surface area contributed by atoms with Gasteiger partial charge in [0, 0.05) is 6.54 Å². The number of nitrogens with one attached hydrogen (secondary N) is 1. The van der Waals surface area contributed by atoms with Gasteiger partial charge >= 0.3 is 5.97 Å². The third-order valence-corrected chi connectivity index (χ3v) is 3.57. The lowest BCUT2D eigenvalue weighted by Crippen LogP contribution is -2.37. The predicted molar refractivity (Wildman–Crippen MR) is 72.9 cm³/mol. The molecule has 7 nitrogen and oxygen atoms in total. The molecule has 0 saturated carbocycles. The van der Waals surface area contributed by atoms with Crippen LogP contribution in [-0.4, -0.2) is 38.5 Å². The fourth-order valence-corrected chi connectivity index (χ4v) is 2.42. The highest BCUT2D eigenvalue weighted by Gasteiger charge is 2.31. The number of hydrogen-bond donors (Lipinski definition) is 2. The first-order valence-electron chi connectivity index (χ1n) is 6.64. The van der Waals surface area contributed by atoms with Gasteiger partial charge in [0.25, 0.3) is 0 Å². The molecular weight excluding hydrogens is 272 g/mol. The van der Waals surface area contributed by atoms with Gasteiger partial charge in [-0.3, -0.25) is 4.79 Å². The minimum absolute atomic E-state index is 0.00715. The number of carboxylic acids is 1. The molecule has 2 aromatic rings. The molecule has 108 valence electrons. The normalized spacial score (nSPS) is 15.9. The van der Waals surface area contributed by atoms with E-state index >= 15 is 0 Å². The summed E-state index contributed by atoms with van der Waals surface area (Å²) in [6, 6.07) is 7.90. The zero-order chi connectivity index (χ0) is 14.8. The second-order valence-electron chi connectivity index (χ2n) is 4.92. The molecule has 0 radical (unpaired) electrons. The van der Waals surface area contributed by atoms with Crippen molar-refractivity contribution in [2.24, 2.45) is 0 Å². The molecule has 1 aliphatic rings. The number of carbonyl (C=O) groups is 2. The number of hydrogen-bond acceptors (Lipinski definition) is 4. The Morgan fingerprint density at radius 2 is 2.19 bits per heavy atom. The highest BCUT2D eigenvalue weighted by Crippen LogP contribution is 2.34. The van der Waals surface area contributed by atoms with E-state index in [0.717, 1.165) is 12.0 Å². The fourth-order valence-electron chi connectivity index (χ4n) is 2.42. The van der Waals surface area contributed by atoms with E-state index in [4.69, 9.17) is 5.11 Å². The molecular formula is C14H14N4O3. The number of rotatable bonds is 5. The maximum Gasteiger partial charge on any atom is 0.358 e. The number of amides is 1. The van der Waals surface area contributed by atoms with E-state index in [1.807, 2.05) is 24.3 Å². The van der Waals surface area contributed by atoms with E-state index in [9.17, 15) is 9.59 Å². The Labute approximate surface area is 120 Å². The second kappa shape index (κ2) is 5.35. The van der Waals surface area contributed by atoms with Gasteiger partial charge in [-0.1, -0.05) is 29.5 Å². The largest absolute Gasteiger partial charge is 0.476 e. The number of carboxylic acid groups (broad SMARTS) is 1. The number of aromatic carboxylic acids is 1. The monoisotopic (exact) mass is 286 g/mol. The molecule has 3 rings (SSSR count). The molecule has 0 saturated heterocycles. The summed E-state index contributed by atoms with van der Waals surface area (Å²) in [5, 5.41) is 18.8. The van der Waals surface area contributed by atoms with Crippen molar-refractivity contribution in [3.8, 4) is 0 Å². The Balaban J connectivity index is 1.50. The van der Waals surface area contributed by atoms with Crippen LogP contribution >= 0.6 is 0 Å². The molecule has 1 unspecified atom stereocenters. The summed E-state index contributed by atoms with van der Waals surface area (Å²) in [5.74, 6) is -1.20. The first-order chi connectivity index (χ1) is 10.1. The quantitative estimate of drug-likeness (QED) is 0.831. The number of carbonyl (C=O) groups excluding carboxylic acids is 1. The van der Waals surface area contributed by atoms with E-state index in [0.29, 0.717) is 13.1 Å². The summed E-state index contributed by atoms with van der Waals surface area (Å²) in [6.45, 7) is 0.778. The van der Waals surface area contributed by atoms with Gasteiger partial charge in [-0.05, 0) is 17.5 Å². The Morgan fingerprint density at radius 3 is 2.90 bits per heavy atom. The predicted octanol–water partition coefficient (Wildman–Crippen LogP) is 0.432. The van der Waals surface area contributed by atoms with Crippen molar-refractivity contribution in [1.82, 2.24) is 20.3 Å². The van der Waals surface area contributed by atoms with Crippen LogP contribution in [0, 0.1) is 0 Å². The van der Waals surface area contributed by atoms with Gasteiger partial charge in [0.15, 0.2) is 5.69 Å². The lowest BCUT2D eigenvalue weighted by Gasteiger charge is -2.28. The molecule has 1 aliphatic carbocycles. The van der Waals surface area contributed by atoms with Crippen LogP contribution in [0.2, 0.25) is 0 Å². The molecule has 0 aliphatic heterocycles. The van der Waals surface area contributed by atoms with Gasteiger partial charge < -0.3 is 10.4 Å². The summed E-state index contributed by atoms with van der Waals surface area (Å²) >= 11 is 0. The number of benzene rings is 1. The molecule has 7 heteroatoms. The minimum Gasteiger partial charge on any atom is -0.476 e. The Kier molecular flexibility index (Phi) is 3.39. The van der Waals surface area contributed by atoms with E-state index in [-0.39, 0.29) is 17.5 Å². The van der Waals surface area contributed by atoms with E-state index in [1.54, 1.807) is 0 Å². The molecule has 2 N–H and O–H groups in total. The molecule has 0 fully saturated rings. The van der Waals surface area contributed by atoms with Gasteiger partial charge in [-0.25, -0.2) is 9.48 Å². The first-order valence-corrected chi connectivity index (χ1v) is 6.64. The van der Waals surface area contributed by atoms with Crippen LogP contribution in [0.1, 0.15) is 27.5 Å². The molecule has 1 aromatic heterocycles. The van der Waals surface area contributed by atoms with Crippen molar-refractivity contribution in [2.45, 2.75) is 18.9 Å². The highest BCUT2D eigenvalue weighted by atomic mass is 16.4. The van der Waals surface area contributed by atoms with Crippen LogP contribution in [0.25, 0.3) is 0 Å². The van der Waals surface area contributed by atoms with Crippen LogP contribution in [-0.2, 0) is 17.8 Å². The van der Waals surface area contributed by atoms with E-state index < -0.39 is 5.97 Å². The lowest BCUT2D eigenvalue weighted by molar-refractivity contribution is -0.123. The van der Waals surface area contributed by atoms with Crippen molar-refractivity contribution in [1.29, 1.82) is 0 Å². The summed E-state index contributed by atoms with van der Waals surface area (Å²) in [5.41, 5.74) is 2.21. The fraction of sp³-hybridized carbons (Fsp3) is 0.286. The van der Waals surface area contributed by atoms with Crippen LogP contribution in [0.5, 0.6) is 0 Å². The maximum absolute atomic E-state index is 12.0. The molecule has 1 amide bonds. The van der Waals surface area contributed by atoms with Gasteiger partial charge in [0.1, 0.15) is 0 Å². The smallest absolute Gasteiger partial charge is 0.358 e. The first kappa shape index (κ1) is 13.3. The van der Waals surface area contributed by atoms with Crippen molar-refractivity contribution >= 4 is 11.9 Å². The summed E-state index contributed by atoms with van der Waals surface area (Å²) < 4.78 is 1.40. The average Bonchev–Trinajstić information content (AvgIpc) is 2.89. The summed E-state index contributed by atoms with van der Waals surface area (Å²) in [4.78, 5) is 22.7. The summed E-state index contributed by atoms with van der Waals surface area (Å²) in [7, 11) is 0. The molecule has 1 aromatic carbocycles. The third-order valence-electron chi connectivity index (χ3n) is 3.57. The highest BCUT2D eigenvalue weighted by molar-refractivity contribution is 5.86. The van der Waals surface area contributed by atoms with Crippen LogP contribution in [0.4, 0.5) is 0 Å². The maximum atomic E-state index is 12.0. The zero-order valence-corrected chi connectivity index (χ0v) is 11.2. The zero-order valence-electron chi connectivity index (χ0n) is 11.2. The van der Waals surface area contributed by atoms with E-state index in [2.05, 4.69) is 15.6 Å². The van der Waals surface area contributed by atoms with Crippen LogP contribution in [0.3, 0.4) is 0 Å². The van der Waals surface area contributed by atoms with Gasteiger partial charge in [-0.15, -0.1) is 5.10 Å². The number of fused-ring (bicyclic) bond motifs is 1. The standard InChI is InChI=1S/C14H14N4O3/c19-13(11-7-9-3-1-2-4-10(9)11)15-5-6-18-8-12(14(20)21)16-17-18/h1-4,8,11H,5-7H2,(H,15,19)(H,20,21). The molecule has 0 spiro atoms. The van der Waals surface area contributed by atoms with Gasteiger partial charge in [0.2, 0.25) is 5.91 Å². The van der Waals surface area contributed by atoms with Crippen molar-refractivity contribution in [3.63, 3.8) is 0 Å². The Bertz CT molecular complexity index is 695. The molecule has 0 bridgehead atoms. The second-order valence-corrected chi connectivity index (χ2v) is 4.92. The van der Waals surface area contributed by atoms with Crippen molar-refractivity contribution < 1.29 is 14.7 Å². The van der Waals surface area contributed by atoms with Crippen LogP contribution < -0.4 is 5.32 Å². The molecule has 1 atom stereocenters. The number of aromatic nitrogens is 3. The van der Waals surface area contributed by atoms with Gasteiger partial charge in [0.05, 0.1) is 18.7 Å². The topological polar surface area (TPSA) is 97.1 Å². The molecule has 21 heavy (non-hydrogen) atoms. The average molecular weight is 286 g/mol. The Hall–Kier alpha value is -2.70. The van der Waals surface area contributed by atoms with Crippen LogP contribution in [0.15, 0.2) is 30.5 Å².